The third-order valence-corrected chi connectivity index (χ3v) is 6.66. The van der Waals surface area contributed by atoms with Gasteiger partial charge in [0.2, 0.25) is 17.7 Å². The number of nitrogens with zero attached hydrogens (tertiary/aromatic N) is 2. The Kier molecular flexibility index (Phi) is 3.65. The lowest BCUT2D eigenvalue weighted by Crippen LogP contribution is -2.40. The van der Waals surface area contributed by atoms with Crippen molar-refractivity contribution in [3.05, 3.63) is 46.5 Å². The molecule has 8 heteroatoms. The van der Waals surface area contributed by atoms with Crippen molar-refractivity contribution >= 4 is 29.1 Å². The number of non-ortho nitro benzene ring substituents is 1. The van der Waals surface area contributed by atoms with Gasteiger partial charge in [0, 0.05) is 30.8 Å². The summed E-state index contributed by atoms with van der Waals surface area (Å²) in [5, 5.41) is 13.4. The zero-order valence-corrected chi connectivity index (χ0v) is 15.0. The average molecular weight is 381 g/mol. The number of carbonyl (C=O) groups is 3. The van der Waals surface area contributed by atoms with Crippen LogP contribution < -0.4 is 5.32 Å². The normalized spacial score (nSPS) is 34.2. The molecule has 0 spiro atoms. The van der Waals surface area contributed by atoms with Crippen LogP contribution in [0.25, 0.3) is 0 Å². The number of anilines is 1. The van der Waals surface area contributed by atoms with Crippen molar-refractivity contribution in [1.29, 1.82) is 0 Å². The van der Waals surface area contributed by atoms with E-state index >= 15 is 0 Å². The fourth-order valence-electron chi connectivity index (χ4n) is 5.37. The Bertz CT molecular complexity index is 906. The van der Waals surface area contributed by atoms with E-state index in [1.165, 1.54) is 23.1 Å². The number of imide groups is 1. The molecular formula is C20H19N3O5. The van der Waals surface area contributed by atoms with Crippen molar-refractivity contribution < 1.29 is 19.3 Å². The Morgan fingerprint density at radius 3 is 2.39 bits per heavy atom. The average Bonchev–Trinajstić information content (AvgIpc) is 3.45. The van der Waals surface area contributed by atoms with Crippen LogP contribution >= 0.6 is 0 Å². The highest BCUT2D eigenvalue weighted by atomic mass is 16.6. The Hall–Kier alpha value is -3.03. The number of hydrogen-bond donors (Lipinski definition) is 1. The molecular weight excluding hydrogens is 362 g/mol. The number of hydrogen-bond acceptors (Lipinski definition) is 5. The summed E-state index contributed by atoms with van der Waals surface area (Å²) in [6, 6.07) is 5.65. The van der Waals surface area contributed by atoms with E-state index in [2.05, 4.69) is 17.5 Å². The maximum Gasteiger partial charge on any atom is 0.271 e. The molecule has 5 aliphatic rings. The number of benzene rings is 1. The van der Waals surface area contributed by atoms with Gasteiger partial charge in [-0.05, 0) is 36.2 Å². The van der Waals surface area contributed by atoms with Crippen molar-refractivity contribution in [3.8, 4) is 0 Å². The lowest BCUT2D eigenvalue weighted by Gasteiger charge is -2.37. The van der Waals surface area contributed by atoms with E-state index in [1.54, 1.807) is 6.07 Å². The number of likely N-dealkylation sites (tertiary alicyclic amines) is 1. The van der Waals surface area contributed by atoms with E-state index in [9.17, 15) is 24.5 Å². The van der Waals surface area contributed by atoms with Crippen LogP contribution in [0.2, 0.25) is 0 Å². The molecule has 1 N–H and O–H groups in total. The van der Waals surface area contributed by atoms with Gasteiger partial charge in [0.1, 0.15) is 0 Å². The van der Waals surface area contributed by atoms with Gasteiger partial charge in [-0.1, -0.05) is 18.2 Å². The van der Waals surface area contributed by atoms with E-state index in [-0.39, 0.29) is 60.0 Å². The second-order valence-corrected chi connectivity index (χ2v) is 8.09. The maximum absolute atomic E-state index is 12.9. The van der Waals surface area contributed by atoms with E-state index in [4.69, 9.17) is 0 Å². The summed E-state index contributed by atoms with van der Waals surface area (Å²) in [5.41, 5.74) is 0.197. The first-order valence-corrected chi connectivity index (χ1v) is 9.53. The molecule has 144 valence electrons. The minimum Gasteiger partial charge on any atom is -0.326 e. The molecule has 3 fully saturated rings. The van der Waals surface area contributed by atoms with Gasteiger partial charge in [-0.15, -0.1) is 0 Å². The molecule has 1 saturated heterocycles. The number of amides is 3. The van der Waals surface area contributed by atoms with Crippen molar-refractivity contribution in [2.45, 2.75) is 12.8 Å². The van der Waals surface area contributed by atoms with Gasteiger partial charge in [-0.2, -0.15) is 0 Å². The first-order valence-electron chi connectivity index (χ1n) is 9.53. The molecule has 1 aromatic carbocycles. The maximum atomic E-state index is 12.9. The zero-order valence-electron chi connectivity index (χ0n) is 15.0. The van der Waals surface area contributed by atoms with Crippen molar-refractivity contribution in [2.24, 2.45) is 35.5 Å². The Balaban J connectivity index is 1.23. The fourth-order valence-corrected chi connectivity index (χ4v) is 5.37. The first-order chi connectivity index (χ1) is 13.5. The predicted molar refractivity (Wildman–Crippen MR) is 97.8 cm³/mol. The van der Waals surface area contributed by atoms with Crippen LogP contribution in [0.15, 0.2) is 36.4 Å². The molecule has 28 heavy (non-hydrogen) atoms. The number of nitro benzene ring substituents is 1. The Morgan fingerprint density at radius 2 is 1.79 bits per heavy atom. The highest BCUT2D eigenvalue weighted by Crippen LogP contribution is 2.65. The summed E-state index contributed by atoms with van der Waals surface area (Å²) >= 11 is 0. The number of rotatable bonds is 5. The SMILES string of the molecule is O=C(CCN1C(=O)C2C3C=CC(C4CC34)C2C1=O)Nc1cccc([N+](=O)[O-])c1. The van der Waals surface area contributed by atoms with Crippen LogP contribution in [0.3, 0.4) is 0 Å². The number of nitrogens with one attached hydrogen (secondary N) is 1. The van der Waals surface area contributed by atoms with Gasteiger partial charge >= 0.3 is 0 Å². The molecule has 8 nitrogen and oxygen atoms in total. The lowest BCUT2D eigenvalue weighted by molar-refractivity contribution is -0.384. The van der Waals surface area contributed by atoms with Crippen LogP contribution in [-0.2, 0) is 14.4 Å². The number of allylic oxidation sites excluding steroid dienone is 2. The molecule has 2 bridgehead atoms. The quantitative estimate of drug-likeness (QED) is 0.363. The summed E-state index contributed by atoms with van der Waals surface area (Å²) in [6.45, 7) is 0.0419. The molecule has 1 heterocycles. The second kappa shape index (κ2) is 5.98. The molecule has 0 aromatic heterocycles. The van der Waals surface area contributed by atoms with Gasteiger partial charge in [-0.3, -0.25) is 29.4 Å². The molecule has 2 saturated carbocycles. The third kappa shape index (κ3) is 2.47. The predicted octanol–water partition coefficient (Wildman–Crippen LogP) is 1.98. The Labute approximate surface area is 160 Å². The molecule has 6 atom stereocenters. The topological polar surface area (TPSA) is 110 Å². The summed E-state index contributed by atoms with van der Waals surface area (Å²) in [7, 11) is 0. The second-order valence-electron chi connectivity index (χ2n) is 8.09. The van der Waals surface area contributed by atoms with Crippen LogP contribution in [-0.4, -0.2) is 34.1 Å². The van der Waals surface area contributed by atoms with Gasteiger partial charge in [-0.25, -0.2) is 0 Å². The van der Waals surface area contributed by atoms with E-state index in [0.717, 1.165) is 6.42 Å². The van der Waals surface area contributed by atoms with Crippen molar-refractivity contribution in [3.63, 3.8) is 0 Å². The summed E-state index contributed by atoms with van der Waals surface area (Å²) in [4.78, 5) is 49.5. The highest BCUT2D eigenvalue weighted by Gasteiger charge is 2.66. The number of carbonyl (C=O) groups excluding carboxylic acids is 3. The van der Waals surface area contributed by atoms with Gasteiger partial charge in [0.15, 0.2) is 0 Å². The van der Waals surface area contributed by atoms with Crippen LogP contribution in [0, 0.1) is 45.6 Å². The third-order valence-electron chi connectivity index (χ3n) is 6.66. The fraction of sp³-hybridized carbons (Fsp3) is 0.450. The minimum atomic E-state index is -0.536. The molecule has 3 amide bonds. The van der Waals surface area contributed by atoms with Gasteiger partial charge in [0.25, 0.3) is 5.69 Å². The molecule has 6 rings (SSSR count). The van der Waals surface area contributed by atoms with Gasteiger partial charge in [0.05, 0.1) is 16.8 Å². The summed E-state index contributed by atoms with van der Waals surface area (Å²) in [5.74, 6) is 0.221. The monoisotopic (exact) mass is 381 g/mol. The standard InChI is InChI=1S/C20H19N3O5/c24-16(21-10-2-1-3-11(8-10)23(27)28)6-7-22-19(25)17-12-4-5-13(15-9-14(12)15)18(17)20(22)26/h1-5,8,12-15,17-18H,6-7,9H2,(H,21,24). The van der Waals surface area contributed by atoms with Gasteiger partial charge < -0.3 is 5.32 Å². The van der Waals surface area contributed by atoms with Crippen molar-refractivity contribution in [1.82, 2.24) is 4.90 Å². The molecule has 6 unspecified atom stereocenters. The van der Waals surface area contributed by atoms with Crippen LogP contribution in [0.1, 0.15) is 12.8 Å². The minimum absolute atomic E-state index is 0.0325. The Morgan fingerprint density at radius 1 is 1.14 bits per heavy atom. The summed E-state index contributed by atoms with van der Waals surface area (Å²) < 4.78 is 0. The molecule has 1 aromatic rings. The first kappa shape index (κ1) is 17.1. The van der Waals surface area contributed by atoms with E-state index in [0.29, 0.717) is 17.5 Å². The van der Waals surface area contributed by atoms with Crippen LogP contribution in [0.5, 0.6) is 0 Å². The van der Waals surface area contributed by atoms with E-state index < -0.39 is 4.92 Å². The van der Waals surface area contributed by atoms with Crippen LogP contribution in [0.4, 0.5) is 11.4 Å². The lowest BCUT2D eigenvalue weighted by atomic mass is 9.63. The molecule has 1 aliphatic heterocycles. The molecule has 0 radical (unpaired) electrons. The van der Waals surface area contributed by atoms with Crippen molar-refractivity contribution in [2.75, 3.05) is 11.9 Å². The van der Waals surface area contributed by atoms with E-state index in [1.807, 2.05) is 0 Å². The highest BCUT2D eigenvalue weighted by molar-refractivity contribution is 6.06. The molecule has 4 aliphatic carbocycles. The zero-order chi connectivity index (χ0) is 19.6. The number of nitro groups is 1. The smallest absolute Gasteiger partial charge is 0.271 e. The summed E-state index contributed by atoms with van der Waals surface area (Å²) in [6.07, 6.45) is 5.31. The largest absolute Gasteiger partial charge is 0.326 e.